The fourth-order valence-corrected chi connectivity index (χ4v) is 4.89. The van der Waals surface area contributed by atoms with Crippen molar-refractivity contribution < 1.29 is 8.42 Å². The molecule has 2 N–H and O–H groups in total. The van der Waals surface area contributed by atoms with Crippen LogP contribution in [0.25, 0.3) is 0 Å². The average Bonchev–Trinajstić information content (AvgIpc) is 2.54. The van der Waals surface area contributed by atoms with Crippen molar-refractivity contribution in [2.24, 2.45) is 5.92 Å². The summed E-state index contributed by atoms with van der Waals surface area (Å²) in [6.45, 7) is 3.23. The third-order valence-corrected chi connectivity index (χ3v) is 5.97. The molecule has 0 spiro atoms. The van der Waals surface area contributed by atoms with Crippen molar-refractivity contribution in [2.45, 2.75) is 70.4 Å². The summed E-state index contributed by atoms with van der Waals surface area (Å²) in [7, 11) is -3.13. The van der Waals surface area contributed by atoms with Gasteiger partial charge in [-0.15, -0.1) is 0 Å². The molecule has 2 fully saturated rings. The van der Waals surface area contributed by atoms with Gasteiger partial charge >= 0.3 is 0 Å². The maximum absolute atomic E-state index is 12.2. The fraction of sp³-hybridized carbons (Fsp3) is 1.00. The predicted octanol–water partition coefficient (Wildman–Crippen LogP) is 2.02. The molecule has 1 saturated carbocycles. The van der Waals surface area contributed by atoms with Gasteiger partial charge in [-0.25, -0.2) is 13.1 Å². The minimum Gasteiger partial charge on any atom is -0.313 e. The van der Waals surface area contributed by atoms with E-state index in [-0.39, 0.29) is 17.8 Å². The fourth-order valence-electron chi connectivity index (χ4n) is 3.24. The van der Waals surface area contributed by atoms with E-state index in [1.165, 1.54) is 12.8 Å². The van der Waals surface area contributed by atoms with Gasteiger partial charge in [-0.05, 0) is 44.6 Å². The maximum atomic E-state index is 12.2. The van der Waals surface area contributed by atoms with Crippen molar-refractivity contribution >= 4 is 10.0 Å². The van der Waals surface area contributed by atoms with E-state index in [1.54, 1.807) is 0 Å². The molecular weight excluding hydrogens is 260 g/mol. The summed E-state index contributed by atoms with van der Waals surface area (Å²) in [6, 6.07) is 0.314. The molecule has 2 rings (SSSR count). The lowest BCUT2D eigenvalue weighted by atomic mass is 10.0. The Morgan fingerprint density at radius 1 is 1.05 bits per heavy atom. The Hall–Kier alpha value is -0.130. The molecule has 0 bridgehead atoms. The van der Waals surface area contributed by atoms with E-state index < -0.39 is 10.0 Å². The molecule has 5 heteroatoms. The first-order chi connectivity index (χ1) is 9.05. The largest absolute Gasteiger partial charge is 0.313 e. The third kappa shape index (κ3) is 5.40. The number of hydrogen-bond acceptors (Lipinski definition) is 3. The van der Waals surface area contributed by atoms with E-state index in [2.05, 4.69) is 17.0 Å². The summed E-state index contributed by atoms with van der Waals surface area (Å²) in [5.74, 6) is 0.994. The van der Waals surface area contributed by atoms with Crippen molar-refractivity contribution in [3.63, 3.8) is 0 Å². The van der Waals surface area contributed by atoms with Crippen LogP contribution in [-0.2, 0) is 10.0 Å². The van der Waals surface area contributed by atoms with Crippen molar-refractivity contribution in [1.29, 1.82) is 0 Å². The van der Waals surface area contributed by atoms with Crippen LogP contribution in [0.1, 0.15) is 58.3 Å². The number of sulfonamides is 1. The zero-order valence-corrected chi connectivity index (χ0v) is 12.8. The Morgan fingerprint density at radius 2 is 1.89 bits per heavy atom. The molecular formula is C14H28N2O2S. The second-order valence-electron chi connectivity index (χ2n) is 6.36. The van der Waals surface area contributed by atoms with Crippen LogP contribution in [0, 0.1) is 5.92 Å². The van der Waals surface area contributed by atoms with Crippen LogP contribution in [-0.4, -0.2) is 32.8 Å². The van der Waals surface area contributed by atoms with Gasteiger partial charge in [0.1, 0.15) is 0 Å². The highest BCUT2D eigenvalue weighted by molar-refractivity contribution is 7.89. The van der Waals surface area contributed by atoms with Crippen LogP contribution in [0.2, 0.25) is 0 Å². The molecule has 0 aromatic rings. The van der Waals surface area contributed by atoms with E-state index >= 15 is 0 Å². The molecule has 112 valence electrons. The van der Waals surface area contributed by atoms with Gasteiger partial charge in [-0.1, -0.05) is 26.2 Å². The minimum absolute atomic E-state index is 0.149. The van der Waals surface area contributed by atoms with Gasteiger partial charge in [0.05, 0.1) is 5.75 Å². The number of hydrogen-bond donors (Lipinski definition) is 2. The van der Waals surface area contributed by atoms with Crippen LogP contribution >= 0.6 is 0 Å². The molecule has 3 unspecified atom stereocenters. The van der Waals surface area contributed by atoms with E-state index in [1.807, 2.05) is 0 Å². The Morgan fingerprint density at radius 3 is 2.63 bits per heavy atom. The Kier molecular flexibility index (Phi) is 5.66. The Bertz CT molecular complexity index is 364. The molecule has 1 aliphatic heterocycles. The highest BCUT2D eigenvalue weighted by Crippen LogP contribution is 2.23. The topological polar surface area (TPSA) is 58.2 Å². The van der Waals surface area contributed by atoms with Gasteiger partial charge < -0.3 is 5.32 Å². The highest BCUT2D eigenvalue weighted by Gasteiger charge is 2.25. The molecule has 0 amide bonds. The van der Waals surface area contributed by atoms with Gasteiger partial charge in [0, 0.05) is 12.1 Å². The van der Waals surface area contributed by atoms with Crippen LogP contribution in [0.5, 0.6) is 0 Å². The van der Waals surface area contributed by atoms with E-state index in [4.69, 9.17) is 0 Å². The molecule has 1 heterocycles. The molecule has 0 aromatic carbocycles. The molecule has 19 heavy (non-hydrogen) atoms. The van der Waals surface area contributed by atoms with E-state index in [0.29, 0.717) is 0 Å². The minimum atomic E-state index is -3.13. The lowest BCUT2D eigenvalue weighted by Crippen LogP contribution is -2.45. The summed E-state index contributed by atoms with van der Waals surface area (Å²) >= 11 is 0. The van der Waals surface area contributed by atoms with Gasteiger partial charge in [-0.2, -0.15) is 0 Å². The van der Waals surface area contributed by atoms with Crippen LogP contribution in [0.15, 0.2) is 0 Å². The molecule has 0 radical (unpaired) electrons. The second kappa shape index (κ2) is 7.04. The number of nitrogens with one attached hydrogen (secondary N) is 2. The number of piperidine rings is 1. The van der Waals surface area contributed by atoms with Crippen LogP contribution in [0.4, 0.5) is 0 Å². The van der Waals surface area contributed by atoms with Crippen LogP contribution < -0.4 is 10.0 Å². The lowest BCUT2D eigenvalue weighted by Gasteiger charge is -2.24. The standard InChI is InChI=1S/C14H28N2O2S/c1-12-5-4-7-13(9-8-12)16-19(17,18)11-14-6-2-3-10-15-14/h12-16H,2-11H2,1H3. The first kappa shape index (κ1) is 15.3. The smallest absolute Gasteiger partial charge is 0.213 e. The van der Waals surface area contributed by atoms with E-state index in [9.17, 15) is 8.42 Å². The van der Waals surface area contributed by atoms with Gasteiger partial charge in [0.25, 0.3) is 0 Å². The lowest BCUT2D eigenvalue weighted by molar-refractivity contribution is 0.419. The highest BCUT2D eigenvalue weighted by atomic mass is 32.2. The first-order valence-electron chi connectivity index (χ1n) is 7.78. The van der Waals surface area contributed by atoms with Crippen LogP contribution in [0.3, 0.4) is 0 Å². The summed E-state index contributed by atoms with van der Waals surface area (Å²) in [6.07, 6.45) is 8.84. The molecule has 3 atom stereocenters. The third-order valence-electron chi connectivity index (χ3n) is 4.44. The zero-order chi connectivity index (χ0) is 13.7. The quantitative estimate of drug-likeness (QED) is 0.778. The molecule has 1 saturated heterocycles. The predicted molar refractivity (Wildman–Crippen MR) is 78.6 cm³/mol. The van der Waals surface area contributed by atoms with Gasteiger partial charge in [0.15, 0.2) is 0 Å². The second-order valence-corrected chi connectivity index (χ2v) is 8.15. The zero-order valence-electron chi connectivity index (χ0n) is 12.0. The molecule has 2 aliphatic rings. The molecule has 4 nitrogen and oxygen atoms in total. The molecule has 0 aromatic heterocycles. The van der Waals surface area contributed by atoms with Crippen molar-refractivity contribution in [2.75, 3.05) is 12.3 Å². The normalized spacial score (nSPS) is 33.8. The summed E-state index contributed by atoms with van der Waals surface area (Å²) in [5.41, 5.74) is 0. The summed E-state index contributed by atoms with van der Waals surface area (Å²) in [5, 5.41) is 3.31. The first-order valence-corrected chi connectivity index (χ1v) is 9.44. The van der Waals surface area contributed by atoms with E-state index in [0.717, 1.165) is 51.0 Å². The number of rotatable bonds is 4. The summed E-state index contributed by atoms with van der Waals surface area (Å²) in [4.78, 5) is 0. The summed E-state index contributed by atoms with van der Waals surface area (Å²) < 4.78 is 27.4. The Balaban J connectivity index is 1.82. The van der Waals surface area contributed by atoms with Gasteiger partial charge in [0.2, 0.25) is 10.0 Å². The van der Waals surface area contributed by atoms with Crippen molar-refractivity contribution in [3.8, 4) is 0 Å². The molecule has 1 aliphatic carbocycles. The maximum Gasteiger partial charge on any atom is 0.213 e. The average molecular weight is 288 g/mol. The van der Waals surface area contributed by atoms with Crippen molar-refractivity contribution in [1.82, 2.24) is 10.0 Å². The Labute approximate surface area is 117 Å². The monoisotopic (exact) mass is 288 g/mol. The van der Waals surface area contributed by atoms with Crippen molar-refractivity contribution in [3.05, 3.63) is 0 Å². The van der Waals surface area contributed by atoms with Gasteiger partial charge in [-0.3, -0.25) is 0 Å². The SMILES string of the molecule is CC1CCCC(NS(=O)(=O)CC2CCCCN2)CC1.